The third-order valence-corrected chi connectivity index (χ3v) is 5.47. The van der Waals surface area contributed by atoms with Crippen molar-refractivity contribution in [3.8, 4) is 17.0 Å². The summed E-state index contributed by atoms with van der Waals surface area (Å²) < 4.78 is 5.53. The molecule has 0 saturated heterocycles. The molecule has 0 bridgehead atoms. The topological polar surface area (TPSA) is 67.4 Å². The summed E-state index contributed by atoms with van der Waals surface area (Å²) in [5.74, 6) is 1.70. The number of methoxy groups -OCH3 is 1. The van der Waals surface area contributed by atoms with E-state index in [1.165, 1.54) is 11.1 Å². The molecule has 1 heterocycles. The maximum atomic E-state index is 11.9. The van der Waals surface area contributed by atoms with Crippen molar-refractivity contribution in [3.05, 3.63) is 65.2 Å². The molecule has 1 N–H and O–H groups in total. The molecule has 4 rings (SSSR count). The van der Waals surface area contributed by atoms with Crippen LogP contribution in [0.3, 0.4) is 0 Å². The molecule has 0 fully saturated rings. The van der Waals surface area contributed by atoms with Crippen LogP contribution in [-0.2, 0) is 24.1 Å². The van der Waals surface area contributed by atoms with Crippen molar-refractivity contribution < 1.29 is 9.53 Å². The summed E-state index contributed by atoms with van der Waals surface area (Å²) in [6, 6.07) is 15.8. The average molecular weight is 402 g/mol. The predicted octanol–water partition coefficient (Wildman–Crippen LogP) is 4.02. The first kappa shape index (κ1) is 19.9. The highest BCUT2D eigenvalue weighted by Gasteiger charge is 2.23. The van der Waals surface area contributed by atoms with E-state index in [-0.39, 0.29) is 5.91 Å². The summed E-state index contributed by atoms with van der Waals surface area (Å²) in [6.45, 7) is 0. The number of para-hydroxylation sites is 1. The minimum Gasteiger partial charge on any atom is -0.496 e. The lowest BCUT2D eigenvalue weighted by Crippen LogP contribution is -2.23. The molecule has 0 saturated carbocycles. The van der Waals surface area contributed by atoms with Gasteiger partial charge < -0.3 is 15.0 Å². The Hall–Kier alpha value is -3.41. The lowest BCUT2D eigenvalue weighted by atomic mass is 10.0. The first-order valence-corrected chi connectivity index (χ1v) is 10.1. The molecule has 6 heteroatoms. The lowest BCUT2D eigenvalue weighted by molar-refractivity contribution is -0.127. The van der Waals surface area contributed by atoms with Gasteiger partial charge in [-0.3, -0.25) is 4.79 Å². The number of ether oxygens (including phenoxy) is 1. The van der Waals surface area contributed by atoms with Crippen LogP contribution >= 0.6 is 0 Å². The molecule has 2 aromatic carbocycles. The van der Waals surface area contributed by atoms with Crippen LogP contribution in [0.25, 0.3) is 11.3 Å². The number of carbonyl (C=O) groups is 1. The van der Waals surface area contributed by atoms with Crippen molar-refractivity contribution >= 4 is 17.4 Å². The van der Waals surface area contributed by atoms with Crippen LogP contribution in [0.2, 0.25) is 0 Å². The van der Waals surface area contributed by atoms with Crippen molar-refractivity contribution in [2.24, 2.45) is 0 Å². The maximum Gasteiger partial charge on any atom is 0.226 e. The molecule has 0 radical (unpaired) electrons. The molecule has 30 heavy (non-hydrogen) atoms. The molecule has 0 atom stereocenters. The van der Waals surface area contributed by atoms with Gasteiger partial charge in [-0.15, -0.1) is 10.2 Å². The second-order valence-corrected chi connectivity index (χ2v) is 7.70. The fourth-order valence-corrected chi connectivity index (χ4v) is 3.82. The highest BCUT2D eigenvalue weighted by molar-refractivity contribution is 5.78. The summed E-state index contributed by atoms with van der Waals surface area (Å²) in [7, 11) is 5.22. The Morgan fingerprint density at radius 1 is 1.03 bits per heavy atom. The summed E-state index contributed by atoms with van der Waals surface area (Å²) in [4.78, 5) is 13.5. The molecule has 3 aromatic rings. The Balaban J connectivity index is 1.59. The van der Waals surface area contributed by atoms with Crippen molar-refractivity contribution in [2.75, 3.05) is 26.5 Å². The van der Waals surface area contributed by atoms with Gasteiger partial charge in [0.05, 0.1) is 13.5 Å². The molecule has 1 aromatic heterocycles. The number of hydrogen-bond donors (Lipinski definition) is 1. The van der Waals surface area contributed by atoms with E-state index in [1.54, 1.807) is 26.1 Å². The van der Waals surface area contributed by atoms with E-state index in [9.17, 15) is 4.79 Å². The number of fused-ring (bicyclic) bond motifs is 1. The van der Waals surface area contributed by atoms with E-state index in [2.05, 4.69) is 15.5 Å². The highest BCUT2D eigenvalue weighted by Crippen LogP contribution is 2.38. The molecular weight excluding hydrogens is 376 g/mol. The van der Waals surface area contributed by atoms with Gasteiger partial charge in [0.25, 0.3) is 0 Å². The van der Waals surface area contributed by atoms with Gasteiger partial charge in [0.15, 0.2) is 5.82 Å². The van der Waals surface area contributed by atoms with Crippen molar-refractivity contribution in [1.29, 1.82) is 0 Å². The zero-order chi connectivity index (χ0) is 21.1. The van der Waals surface area contributed by atoms with Crippen molar-refractivity contribution in [1.82, 2.24) is 15.1 Å². The number of nitrogens with one attached hydrogen (secondary N) is 1. The second-order valence-electron chi connectivity index (χ2n) is 7.70. The maximum absolute atomic E-state index is 11.9. The van der Waals surface area contributed by atoms with Gasteiger partial charge in [0.1, 0.15) is 11.4 Å². The molecule has 1 aliphatic rings. The molecule has 0 aliphatic heterocycles. The van der Waals surface area contributed by atoms with E-state index >= 15 is 0 Å². The summed E-state index contributed by atoms with van der Waals surface area (Å²) in [5, 5.41) is 12.5. The van der Waals surface area contributed by atoms with Crippen LogP contribution in [0, 0.1) is 0 Å². The van der Waals surface area contributed by atoms with Crippen LogP contribution in [0.15, 0.2) is 48.5 Å². The number of rotatable bonds is 6. The predicted molar refractivity (Wildman–Crippen MR) is 118 cm³/mol. The van der Waals surface area contributed by atoms with E-state index in [0.717, 1.165) is 53.3 Å². The number of carbonyl (C=O) groups excluding carboxylic acids is 1. The number of benzene rings is 2. The number of anilines is 2. The largest absolute Gasteiger partial charge is 0.496 e. The standard InChI is InChI=1S/C24H26N4O2/c1-28(2)22(29)15-16-11-13-17(14-12-16)25-24-19-9-6-8-18(19)23(26-27-24)20-7-4-5-10-21(20)30-3/h4-5,7,10-14H,6,8-9,15H2,1-3H3,(H,25,27). The molecule has 1 aliphatic carbocycles. The first-order valence-electron chi connectivity index (χ1n) is 10.1. The van der Waals surface area contributed by atoms with Crippen LogP contribution in [0.4, 0.5) is 11.5 Å². The van der Waals surface area contributed by atoms with Crippen LogP contribution in [0.5, 0.6) is 5.75 Å². The molecule has 154 valence electrons. The van der Waals surface area contributed by atoms with E-state index in [4.69, 9.17) is 4.74 Å². The van der Waals surface area contributed by atoms with Crippen LogP contribution in [0.1, 0.15) is 23.1 Å². The van der Waals surface area contributed by atoms with Gasteiger partial charge in [-0.2, -0.15) is 0 Å². The number of likely N-dealkylation sites (N-methyl/N-ethyl adjacent to an activating group) is 1. The molecule has 0 unspecified atom stereocenters. The highest BCUT2D eigenvalue weighted by atomic mass is 16.5. The van der Waals surface area contributed by atoms with E-state index in [1.807, 2.05) is 48.5 Å². The zero-order valence-electron chi connectivity index (χ0n) is 17.6. The zero-order valence-corrected chi connectivity index (χ0v) is 17.6. The normalized spacial score (nSPS) is 12.4. The van der Waals surface area contributed by atoms with Gasteiger partial charge in [0.2, 0.25) is 5.91 Å². The summed E-state index contributed by atoms with van der Waals surface area (Å²) in [5.41, 5.74) is 6.27. The Bertz CT molecular complexity index is 1060. The molecule has 6 nitrogen and oxygen atoms in total. The molecule has 1 amide bonds. The van der Waals surface area contributed by atoms with Crippen LogP contribution in [-0.4, -0.2) is 42.2 Å². The second kappa shape index (κ2) is 8.53. The summed E-state index contributed by atoms with van der Waals surface area (Å²) in [6.07, 6.45) is 3.45. The molecule has 0 spiro atoms. The van der Waals surface area contributed by atoms with Gasteiger partial charge in [-0.05, 0) is 54.7 Å². The number of amides is 1. The Morgan fingerprint density at radius 2 is 1.77 bits per heavy atom. The Morgan fingerprint density at radius 3 is 2.50 bits per heavy atom. The number of hydrogen-bond acceptors (Lipinski definition) is 5. The minimum atomic E-state index is 0.0892. The Kier molecular flexibility index (Phi) is 5.65. The smallest absolute Gasteiger partial charge is 0.226 e. The average Bonchev–Trinajstić information content (AvgIpc) is 3.25. The third kappa shape index (κ3) is 3.99. The fourth-order valence-electron chi connectivity index (χ4n) is 3.82. The van der Waals surface area contributed by atoms with Gasteiger partial charge in [-0.25, -0.2) is 0 Å². The molecular formula is C24H26N4O2. The van der Waals surface area contributed by atoms with E-state index < -0.39 is 0 Å². The fraction of sp³-hybridized carbons (Fsp3) is 0.292. The van der Waals surface area contributed by atoms with Crippen molar-refractivity contribution in [3.63, 3.8) is 0 Å². The SMILES string of the molecule is COc1ccccc1-c1nnc(Nc2ccc(CC(=O)N(C)C)cc2)c2c1CCC2. The third-order valence-electron chi connectivity index (χ3n) is 5.47. The van der Waals surface area contributed by atoms with Gasteiger partial charge in [-0.1, -0.05) is 24.3 Å². The quantitative estimate of drug-likeness (QED) is 0.675. The number of aromatic nitrogens is 2. The monoisotopic (exact) mass is 402 g/mol. The van der Waals surface area contributed by atoms with Crippen LogP contribution < -0.4 is 10.1 Å². The Labute approximate surface area is 176 Å². The lowest BCUT2D eigenvalue weighted by Gasteiger charge is -2.15. The minimum absolute atomic E-state index is 0.0892. The first-order chi connectivity index (χ1) is 14.6. The van der Waals surface area contributed by atoms with Gasteiger partial charge >= 0.3 is 0 Å². The van der Waals surface area contributed by atoms with Crippen molar-refractivity contribution in [2.45, 2.75) is 25.7 Å². The van der Waals surface area contributed by atoms with E-state index in [0.29, 0.717) is 6.42 Å². The summed E-state index contributed by atoms with van der Waals surface area (Å²) >= 11 is 0. The number of nitrogens with zero attached hydrogens (tertiary/aromatic N) is 3. The van der Waals surface area contributed by atoms with Gasteiger partial charge in [0, 0.05) is 30.9 Å².